The van der Waals surface area contributed by atoms with Crippen LogP contribution in [-0.4, -0.2) is 33.2 Å². The van der Waals surface area contributed by atoms with Gasteiger partial charge in [-0.1, -0.05) is 32.0 Å². The van der Waals surface area contributed by atoms with Gasteiger partial charge in [-0.15, -0.1) is 0 Å². The number of nitrogens with two attached hydrogens (primary N) is 1. The third-order valence-corrected chi connectivity index (χ3v) is 7.99. The van der Waals surface area contributed by atoms with E-state index in [1.165, 1.54) is 0 Å². The SMILES string of the molecule is CC1CCCC(C)N1C(=O)Cn1cc(C2C(C#N)=C(N)OC3=C2C(=O)CC(C)(C)C3)c2ccccc21. The molecule has 7 heteroatoms. The first-order valence-electron chi connectivity index (χ1n) is 12.8. The number of rotatable bonds is 3. The number of benzene rings is 1. The number of piperidine rings is 1. The fraction of sp³-hybridized carbons (Fsp3) is 0.483. The summed E-state index contributed by atoms with van der Waals surface area (Å²) in [5.74, 6) is 0.0593. The number of fused-ring (bicyclic) bond motifs is 1. The number of Topliss-reactive ketones (excluding diaryl/α,β-unsaturated/α-hetero) is 1. The largest absolute Gasteiger partial charge is 0.444 e. The maximum atomic E-state index is 13.5. The number of ketones is 1. The van der Waals surface area contributed by atoms with Crippen molar-refractivity contribution in [3.8, 4) is 6.07 Å². The minimum Gasteiger partial charge on any atom is -0.444 e. The summed E-state index contributed by atoms with van der Waals surface area (Å²) in [6.45, 7) is 8.50. The van der Waals surface area contributed by atoms with Gasteiger partial charge >= 0.3 is 0 Å². The van der Waals surface area contributed by atoms with E-state index >= 15 is 0 Å². The van der Waals surface area contributed by atoms with E-state index in [9.17, 15) is 14.9 Å². The number of nitrogens with zero attached hydrogens (tertiary/aromatic N) is 3. The zero-order valence-electron chi connectivity index (χ0n) is 21.5. The van der Waals surface area contributed by atoms with E-state index in [0.29, 0.717) is 24.2 Å². The van der Waals surface area contributed by atoms with Crippen LogP contribution in [0.5, 0.6) is 0 Å². The molecule has 188 valence electrons. The molecule has 1 fully saturated rings. The Kier molecular flexibility index (Phi) is 5.94. The Labute approximate surface area is 212 Å². The molecule has 1 amide bonds. The molecule has 0 radical (unpaired) electrons. The summed E-state index contributed by atoms with van der Waals surface area (Å²) < 4.78 is 7.82. The van der Waals surface area contributed by atoms with E-state index in [0.717, 1.165) is 35.7 Å². The third kappa shape index (κ3) is 3.99. The van der Waals surface area contributed by atoms with E-state index < -0.39 is 5.92 Å². The predicted molar refractivity (Wildman–Crippen MR) is 137 cm³/mol. The van der Waals surface area contributed by atoms with Gasteiger partial charge in [0.25, 0.3) is 0 Å². The Morgan fingerprint density at radius 1 is 1.19 bits per heavy atom. The number of para-hydroxylation sites is 1. The molecule has 0 spiro atoms. The molecule has 1 aromatic carbocycles. The van der Waals surface area contributed by atoms with Gasteiger partial charge in [-0.3, -0.25) is 9.59 Å². The maximum absolute atomic E-state index is 13.5. The molecule has 1 saturated heterocycles. The van der Waals surface area contributed by atoms with Crippen molar-refractivity contribution in [3.05, 3.63) is 58.8 Å². The first-order valence-corrected chi connectivity index (χ1v) is 12.8. The van der Waals surface area contributed by atoms with Crippen LogP contribution in [0.4, 0.5) is 0 Å². The fourth-order valence-electron chi connectivity index (χ4n) is 6.37. The number of likely N-dealkylation sites (tertiary alicyclic amines) is 1. The van der Waals surface area contributed by atoms with E-state index in [4.69, 9.17) is 10.5 Å². The van der Waals surface area contributed by atoms with Crippen molar-refractivity contribution in [1.29, 1.82) is 5.26 Å². The number of amides is 1. The highest BCUT2D eigenvalue weighted by Crippen LogP contribution is 2.49. The quantitative estimate of drug-likeness (QED) is 0.666. The molecule has 3 aliphatic rings. The van der Waals surface area contributed by atoms with Crippen LogP contribution in [0.3, 0.4) is 0 Å². The van der Waals surface area contributed by atoms with Crippen molar-refractivity contribution in [2.75, 3.05) is 0 Å². The van der Waals surface area contributed by atoms with Crippen molar-refractivity contribution >= 4 is 22.6 Å². The number of allylic oxidation sites excluding steroid dienone is 3. The number of carbonyl (C=O) groups is 2. The molecule has 2 aliphatic heterocycles. The normalized spacial score (nSPS) is 26.0. The van der Waals surface area contributed by atoms with Crippen LogP contribution < -0.4 is 5.73 Å². The first-order chi connectivity index (χ1) is 17.1. The van der Waals surface area contributed by atoms with Gasteiger partial charge in [0.15, 0.2) is 5.78 Å². The minimum atomic E-state index is -0.614. The van der Waals surface area contributed by atoms with Crippen LogP contribution in [0, 0.1) is 16.7 Å². The van der Waals surface area contributed by atoms with E-state index in [1.54, 1.807) is 0 Å². The van der Waals surface area contributed by atoms with Crippen molar-refractivity contribution in [2.45, 2.75) is 84.3 Å². The maximum Gasteiger partial charge on any atom is 0.242 e. The summed E-state index contributed by atoms with van der Waals surface area (Å²) in [7, 11) is 0. The van der Waals surface area contributed by atoms with Crippen LogP contribution in [0.2, 0.25) is 0 Å². The number of carbonyl (C=O) groups excluding carboxylic acids is 2. The van der Waals surface area contributed by atoms with Crippen LogP contribution in [-0.2, 0) is 20.9 Å². The molecule has 5 rings (SSSR count). The number of nitriles is 1. The monoisotopic (exact) mass is 486 g/mol. The Morgan fingerprint density at radius 3 is 2.58 bits per heavy atom. The second-order valence-electron chi connectivity index (χ2n) is 11.4. The minimum absolute atomic E-state index is 0.0182. The fourth-order valence-corrected chi connectivity index (χ4v) is 6.37. The predicted octanol–water partition coefficient (Wildman–Crippen LogP) is 4.88. The summed E-state index contributed by atoms with van der Waals surface area (Å²) >= 11 is 0. The molecule has 1 aliphatic carbocycles. The molecular formula is C29H34N4O3. The zero-order valence-corrected chi connectivity index (χ0v) is 21.5. The highest BCUT2D eigenvalue weighted by Gasteiger charge is 2.44. The average molecular weight is 487 g/mol. The molecule has 36 heavy (non-hydrogen) atoms. The van der Waals surface area contributed by atoms with Crippen LogP contribution >= 0.6 is 0 Å². The Morgan fingerprint density at radius 2 is 1.89 bits per heavy atom. The first kappa shape index (κ1) is 24.2. The molecule has 3 heterocycles. The van der Waals surface area contributed by atoms with Gasteiger partial charge in [-0.05, 0) is 50.2 Å². The van der Waals surface area contributed by atoms with Crippen LogP contribution in [0.25, 0.3) is 10.9 Å². The van der Waals surface area contributed by atoms with Crippen LogP contribution in [0.15, 0.2) is 53.3 Å². The van der Waals surface area contributed by atoms with Crippen molar-refractivity contribution in [1.82, 2.24) is 9.47 Å². The molecule has 0 saturated carbocycles. The number of ether oxygens (including phenoxy) is 1. The Hall–Kier alpha value is -3.53. The number of aromatic nitrogens is 1. The summed E-state index contributed by atoms with van der Waals surface area (Å²) in [5.41, 5.74) is 8.46. The Bertz CT molecular complexity index is 1350. The number of hydrogen-bond donors (Lipinski definition) is 1. The van der Waals surface area contributed by atoms with Gasteiger partial charge in [0.1, 0.15) is 23.9 Å². The molecule has 2 N–H and O–H groups in total. The summed E-state index contributed by atoms with van der Waals surface area (Å²) in [6, 6.07) is 10.5. The van der Waals surface area contributed by atoms with Crippen molar-refractivity contribution in [2.24, 2.45) is 11.1 Å². The van der Waals surface area contributed by atoms with E-state index in [2.05, 4.69) is 19.9 Å². The molecule has 2 aromatic rings. The molecule has 3 unspecified atom stereocenters. The lowest BCUT2D eigenvalue weighted by atomic mass is 9.70. The van der Waals surface area contributed by atoms with E-state index in [-0.39, 0.29) is 47.2 Å². The molecule has 7 nitrogen and oxygen atoms in total. The molecular weight excluding hydrogens is 452 g/mol. The van der Waals surface area contributed by atoms with Gasteiger partial charge in [-0.25, -0.2) is 0 Å². The lowest BCUT2D eigenvalue weighted by Gasteiger charge is -2.39. The summed E-state index contributed by atoms with van der Waals surface area (Å²) in [6.07, 6.45) is 6.05. The van der Waals surface area contributed by atoms with Crippen molar-refractivity contribution < 1.29 is 14.3 Å². The standard InChI is InChI=1S/C29H34N4O3/c1-17-8-7-9-18(2)33(17)25(35)16-32-15-21(19-10-5-6-11-22(19)32)26-20(14-30)28(31)36-24-13-29(3,4)12-23(34)27(24)26/h5-6,10-11,15,17-18,26H,7-9,12-13,16,31H2,1-4H3. The smallest absolute Gasteiger partial charge is 0.242 e. The average Bonchev–Trinajstić information content (AvgIpc) is 3.15. The highest BCUT2D eigenvalue weighted by molar-refractivity contribution is 6.01. The van der Waals surface area contributed by atoms with Gasteiger partial charge in [-0.2, -0.15) is 5.26 Å². The topological polar surface area (TPSA) is 101 Å². The lowest BCUT2D eigenvalue weighted by Crippen LogP contribution is -2.48. The van der Waals surface area contributed by atoms with Crippen LogP contribution in [0.1, 0.15) is 71.3 Å². The second kappa shape index (κ2) is 8.85. The molecule has 1 aromatic heterocycles. The Balaban J connectivity index is 1.61. The summed E-state index contributed by atoms with van der Waals surface area (Å²) in [5, 5.41) is 11.0. The highest BCUT2D eigenvalue weighted by atomic mass is 16.5. The van der Waals surface area contributed by atoms with Gasteiger partial charge < -0.3 is 19.9 Å². The van der Waals surface area contributed by atoms with Gasteiger partial charge in [0.2, 0.25) is 11.8 Å². The zero-order chi connectivity index (χ0) is 25.8. The van der Waals surface area contributed by atoms with Gasteiger partial charge in [0.05, 0.1) is 5.92 Å². The molecule has 0 bridgehead atoms. The van der Waals surface area contributed by atoms with Crippen molar-refractivity contribution in [3.63, 3.8) is 0 Å². The van der Waals surface area contributed by atoms with E-state index in [1.807, 2.05) is 53.8 Å². The molecule has 3 atom stereocenters. The summed E-state index contributed by atoms with van der Waals surface area (Å²) in [4.78, 5) is 28.9. The third-order valence-electron chi connectivity index (χ3n) is 7.99. The second-order valence-corrected chi connectivity index (χ2v) is 11.4. The number of hydrogen-bond acceptors (Lipinski definition) is 5. The lowest BCUT2D eigenvalue weighted by molar-refractivity contribution is -0.137. The van der Waals surface area contributed by atoms with Gasteiger partial charge in [0, 0.05) is 47.6 Å².